The summed E-state index contributed by atoms with van der Waals surface area (Å²) in [7, 11) is 1.69. The monoisotopic (exact) mass is 210 g/mol. The van der Waals surface area contributed by atoms with Gasteiger partial charge in [-0.1, -0.05) is 23.5 Å². The van der Waals surface area contributed by atoms with Gasteiger partial charge in [-0.25, -0.2) is 0 Å². The molecule has 0 aliphatic heterocycles. The second-order valence-corrected chi connectivity index (χ2v) is 4.38. The fraction of sp³-hybridized carbons (Fsp3) is 0.200. The van der Waals surface area contributed by atoms with E-state index < -0.39 is 0 Å². The number of thiol groups is 1. The molecule has 0 bridgehead atoms. The van der Waals surface area contributed by atoms with Gasteiger partial charge in [-0.2, -0.15) is 0 Å². The number of hydrogen-bond acceptors (Lipinski definition) is 3. The molecule has 2 rings (SSSR count). The van der Waals surface area contributed by atoms with E-state index in [0.29, 0.717) is 0 Å². The van der Waals surface area contributed by atoms with Crippen molar-refractivity contribution in [2.75, 3.05) is 7.11 Å². The van der Waals surface area contributed by atoms with E-state index in [2.05, 4.69) is 31.7 Å². The molecule has 2 aromatic rings. The summed E-state index contributed by atoms with van der Waals surface area (Å²) in [4.78, 5) is 1.06. The lowest BCUT2D eigenvalue weighted by Gasteiger charge is -1.97. The third-order valence-corrected chi connectivity index (χ3v) is 3.90. The van der Waals surface area contributed by atoms with E-state index in [1.165, 1.54) is 15.6 Å². The smallest absolute Gasteiger partial charge is 0.174 e. The summed E-state index contributed by atoms with van der Waals surface area (Å²) in [5.41, 5.74) is 1.21. The Hall–Kier alpha value is -0.670. The summed E-state index contributed by atoms with van der Waals surface area (Å²) in [5.74, 6) is 0. The van der Waals surface area contributed by atoms with Gasteiger partial charge in [0.25, 0.3) is 0 Å². The molecule has 68 valence electrons. The van der Waals surface area contributed by atoms with E-state index in [9.17, 15) is 0 Å². The fourth-order valence-electron chi connectivity index (χ4n) is 1.26. The maximum absolute atomic E-state index is 5.18. The van der Waals surface area contributed by atoms with Gasteiger partial charge in [-0.05, 0) is 23.9 Å². The highest BCUT2D eigenvalue weighted by molar-refractivity contribution is 7.80. The van der Waals surface area contributed by atoms with Crippen LogP contribution in [-0.2, 0) is 0 Å². The average molecular weight is 210 g/mol. The molecule has 1 heterocycles. The molecule has 0 atom stereocenters. The van der Waals surface area contributed by atoms with Gasteiger partial charge in [0.05, 0.1) is 11.8 Å². The first-order valence-electron chi connectivity index (χ1n) is 3.98. The summed E-state index contributed by atoms with van der Waals surface area (Å²) < 4.78 is 6.39. The Morgan fingerprint density at radius 3 is 2.85 bits per heavy atom. The Bertz CT molecular complexity index is 445. The number of thiophene rings is 1. The Kier molecular flexibility index (Phi) is 2.22. The van der Waals surface area contributed by atoms with E-state index in [1.54, 1.807) is 18.4 Å². The van der Waals surface area contributed by atoms with Crippen molar-refractivity contribution < 1.29 is 4.74 Å². The Balaban J connectivity index is 2.76. The molecule has 0 amide bonds. The maximum Gasteiger partial charge on any atom is 0.174 e. The first-order chi connectivity index (χ1) is 6.22. The lowest BCUT2D eigenvalue weighted by Crippen LogP contribution is -1.73. The molecule has 0 saturated carbocycles. The quantitative estimate of drug-likeness (QED) is 0.709. The fourth-order valence-corrected chi connectivity index (χ4v) is 2.58. The maximum atomic E-state index is 5.18. The highest BCUT2D eigenvalue weighted by atomic mass is 32.1. The lowest BCUT2D eigenvalue weighted by atomic mass is 10.2. The van der Waals surface area contributed by atoms with Crippen molar-refractivity contribution in [1.82, 2.24) is 0 Å². The lowest BCUT2D eigenvalue weighted by molar-refractivity contribution is 0.427. The van der Waals surface area contributed by atoms with E-state index in [1.807, 2.05) is 6.07 Å². The van der Waals surface area contributed by atoms with Crippen molar-refractivity contribution in [3.8, 4) is 5.06 Å². The van der Waals surface area contributed by atoms with Crippen LogP contribution in [0, 0.1) is 6.92 Å². The van der Waals surface area contributed by atoms with E-state index in [4.69, 9.17) is 4.74 Å². The van der Waals surface area contributed by atoms with Gasteiger partial charge in [-0.15, -0.1) is 12.6 Å². The average Bonchev–Trinajstić information content (AvgIpc) is 2.55. The molecule has 0 unspecified atom stereocenters. The van der Waals surface area contributed by atoms with Crippen molar-refractivity contribution in [2.24, 2.45) is 0 Å². The summed E-state index contributed by atoms with van der Waals surface area (Å²) >= 11 is 6.11. The predicted octanol–water partition coefficient (Wildman–Crippen LogP) is 3.51. The van der Waals surface area contributed by atoms with E-state index in [0.717, 1.165) is 9.96 Å². The van der Waals surface area contributed by atoms with E-state index >= 15 is 0 Å². The van der Waals surface area contributed by atoms with Crippen molar-refractivity contribution in [3.63, 3.8) is 0 Å². The zero-order chi connectivity index (χ0) is 9.42. The molecular formula is C10H10OS2. The zero-order valence-corrected chi connectivity index (χ0v) is 9.21. The molecule has 0 fully saturated rings. The molecule has 1 nitrogen and oxygen atoms in total. The normalized spacial score (nSPS) is 10.7. The molecule has 0 radical (unpaired) electrons. The van der Waals surface area contributed by atoms with Crippen molar-refractivity contribution in [1.29, 1.82) is 0 Å². The van der Waals surface area contributed by atoms with Crippen molar-refractivity contribution in [2.45, 2.75) is 11.8 Å². The minimum Gasteiger partial charge on any atom is -0.487 e. The van der Waals surface area contributed by atoms with Crippen LogP contribution in [0.4, 0.5) is 0 Å². The van der Waals surface area contributed by atoms with Gasteiger partial charge in [-0.3, -0.25) is 0 Å². The van der Waals surface area contributed by atoms with Crippen LogP contribution in [0.25, 0.3) is 10.1 Å². The zero-order valence-electron chi connectivity index (χ0n) is 7.50. The minimum absolute atomic E-state index is 0.941. The largest absolute Gasteiger partial charge is 0.487 e. The molecule has 1 aromatic carbocycles. The molecular weight excluding hydrogens is 200 g/mol. The van der Waals surface area contributed by atoms with Gasteiger partial charge >= 0.3 is 0 Å². The van der Waals surface area contributed by atoms with Crippen LogP contribution in [0.1, 0.15) is 5.56 Å². The topological polar surface area (TPSA) is 9.23 Å². The predicted molar refractivity (Wildman–Crippen MR) is 60.4 cm³/mol. The van der Waals surface area contributed by atoms with E-state index in [-0.39, 0.29) is 0 Å². The molecule has 3 heteroatoms. The molecule has 0 saturated heterocycles. The van der Waals surface area contributed by atoms with Crippen LogP contribution in [0.5, 0.6) is 5.06 Å². The molecule has 13 heavy (non-hydrogen) atoms. The number of benzene rings is 1. The Morgan fingerprint density at radius 2 is 2.15 bits per heavy atom. The van der Waals surface area contributed by atoms with Crippen LogP contribution < -0.4 is 4.74 Å². The van der Waals surface area contributed by atoms with Crippen LogP contribution in [-0.4, -0.2) is 7.11 Å². The first kappa shape index (κ1) is 8.91. The Labute approximate surface area is 86.8 Å². The summed E-state index contributed by atoms with van der Waals surface area (Å²) in [6.07, 6.45) is 0. The molecule has 0 aliphatic rings. The highest BCUT2D eigenvalue weighted by Gasteiger charge is 2.05. The van der Waals surface area contributed by atoms with Crippen LogP contribution in [0.2, 0.25) is 0 Å². The number of ether oxygens (including phenoxy) is 1. The van der Waals surface area contributed by atoms with Gasteiger partial charge in [0.2, 0.25) is 0 Å². The molecule has 0 aliphatic carbocycles. The summed E-state index contributed by atoms with van der Waals surface area (Å²) in [6, 6.07) is 6.22. The standard InChI is InChI=1S/C10H10OS2/c1-6-3-4-7-5-8(11-2)13-10(7)9(6)12/h3-5,12H,1-2H3. The number of fused-ring (bicyclic) bond motifs is 1. The summed E-state index contributed by atoms with van der Waals surface area (Å²) in [5, 5.41) is 2.15. The summed E-state index contributed by atoms with van der Waals surface area (Å²) in [6.45, 7) is 2.06. The van der Waals surface area contributed by atoms with Crippen LogP contribution >= 0.6 is 24.0 Å². The number of aryl methyl sites for hydroxylation is 1. The van der Waals surface area contributed by atoms with Crippen molar-refractivity contribution >= 4 is 34.1 Å². The first-order valence-corrected chi connectivity index (χ1v) is 5.25. The van der Waals surface area contributed by atoms with Gasteiger partial charge in [0.15, 0.2) is 5.06 Å². The van der Waals surface area contributed by atoms with Crippen LogP contribution in [0.3, 0.4) is 0 Å². The van der Waals surface area contributed by atoms with Crippen molar-refractivity contribution in [3.05, 3.63) is 23.8 Å². The van der Waals surface area contributed by atoms with Crippen LogP contribution in [0.15, 0.2) is 23.1 Å². The van der Waals surface area contributed by atoms with Gasteiger partial charge < -0.3 is 4.74 Å². The second-order valence-electron chi connectivity index (χ2n) is 2.92. The minimum atomic E-state index is 0.941. The third-order valence-electron chi connectivity index (χ3n) is 2.04. The second kappa shape index (κ2) is 3.24. The molecule has 0 N–H and O–H groups in total. The number of rotatable bonds is 1. The third kappa shape index (κ3) is 1.42. The molecule has 1 aromatic heterocycles. The number of hydrogen-bond donors (Lipinski definition) is 1. The SMILES string of the molecule is COc1cc2ccc(C)c(S)c2s1. The highest BCUT2D eigenvalue weighted by Crippen LogP contribution is 2.36. The van der Waals surface area contributed by atoms with Gasteiger partial charge in [0.1, 0.15) is 0 Å². The molecule has 0 spiro atoms. The van der Waals surface area contributed by atoms with Gasteiger partial charge in [0, 0.05) is 4.90 Å². The number of methoxy groups -OCH3 is 1. The Morgan fingerprint density at radius 1 is 1.38 bits per heavy atom.